The van der Waals surface area contributed by atoms with E-state index in [2.05, 4.69) is 22.0 Å². The minimum atomic E-state index is 0.137. The van der Waals surface area contributed by atoms with E-state index in [0.29, 0.717) is 6.54 Å². The summed E-state index contributed by atoms with van der Waals surface area (Å²) in [6.45, 7) is 0.695. The normalized spacial score (nSPS) is 23.9. The Morgan fingerprint density at radius 1 is 1.65 bits per heavy atom. The number of nitrogens with two attached hydrogens (primary N) is 1. The molecular weight excluding hydrogens is 300 g/mol. The average molecular weight is 317 g/mol. The molecule has 0 saturated heterocycles. The van der Waals surface area contributed by atoms with Gasteiger partial charge in [-0.3, -0.25) is 4.79 Å². The van der Waals surface area contributed by atoms with Crippen LogP contribution in [0.15, 0.2) is 15.9 Å². The van der Waals surface area contributed by atoms with Gasteiger partial charge in [-0.2, -0.15) is 0 Å². The molecular formula is C12H17BrN2OS. The molecule has 0 aromatic carbocycles. The number of nitrogens with zero attached hydrogens (tertiary/aromatic N) is 1. The molecule has 1 amide bonds. The fourth-order valence-corrected chi connectivity index (χ4v) is 3.80. The second-order valence-corrected chi connectivity index (χ2v) is 6.61. The molecule has 2 unspecified atom stereocenters. The second kappa shape index (κ2) is 5.50. The number of rotatable bonds is 3. The first-order valence-electron chi connectivity index (χ1n) is 5.79. The second-order valence-electron chi connectivity index (χ2n) is 4.70. The molecule has 0 bridgehead atoms. The first-order valence-corrected chi connectivity index (χ1v) is 7.47. The number of hydrogen-bond acceptors (Lipinski definition) is 3. The number of thiophene rings is 1. The molecule has 1 saturated carbocycles. The van der Waals surface area contributed by atoms with Crippen molar-refractivity contribution in [1.29, 1.82) is 0 Å². The molecule has 5 heteroatoms. The fraction of sp³-hybridized carbons (Fsp3) is 0.583. The third-order valence-corrected chi connectivity index (χ3v) is 4.90. The van der Waals surface area contributed by atoms with Crippen LogP contribution in [0.2, 0.25) is 0 Å². The number of amides is 1. The number of hydrogen-bond donors (Lipinski definition) is 1. The van der Waals surface area contributed by atoms with E-state index in [4.69, 9.17) is 5.73 Å². The Labute approximate surface area is 114 Å². The first kappa shape index (κ1) is 13.1. The summed E-state index contributed by atoms with van der Waals surface area (Å²) in [5.41, 5.74) is 5.84. The summed E-state index contributed by atoms with van der Waals surface area (Å²) in [6, 6.07) is 2.28. The van der Waals surface area contributed by atoms with E-state index in [-0.39, 0.29) is 17.9 Å². The number of halogens is 1. The van der Waals surface area contributed by atoms with E-state index >= 15 is 0 Å². The van der Waals surface area contributed by atoms with Crippen molar-refractivity contribution in [2.24, 2.45) is 11.7 Å². The van der Waals surface area contributed by atoms with E-state index in [1.807, 2.05) is 17.3 Å². The van der Waals surface area contributed by atoms with Crippen LogP contribution < -0.4 is 5.73 Å². The lowest BCUT2D eigenvalue weighted by molar-refractivity contribution is -0.134. The van der Waals surface area contributed by atoms with Gasteiger partial charge >= 0.3 is 0 Å². The Kier molecular flexibility index (Phi) is 4.22. The first-order chi connectivity index (χ1) is 8.06. The molecule has 17 heavy (non-hydrogen) atoms. The highest BCUT2D eigenvalue weighted by Crippen LogP contribution is 2.27. The summed E-state index contributed by atoms with van der Waals surface area (Å²) in [6.07, 6.45) is 2.77. The van der Waals surface area contributed by atoms with Gasteiger partial charge < -0.3 is 10.6 Å². The molecule has 0 spiro atoms. The highest BCUT2D eigenvalue weighted by molar-refractivity contribution is 9.10. The molecule has 1 aliphatic rings. The van der Waals surface area contributed by atoms with E-state index in [1.54, 1.807) is 11.3 Å². The predicted molar refractivity (Wildman–Crippen MR) is 73.8 cm³/mol. The fourth-order valence-electron chi connectivity index (χ4n) is 2.30. The van der Waals surface area contributed by atoms with Crippen molar-refractivity contribution in [3.8, 4) is 0 Å². The zero-order valence-corrected chi connectivity index (χ0v) is 12.3. The van der Waals surface area contributed by atoms with Crippen LogP contribution in [0.5, 0.6) is 0 Å². The summed E-state index contributed by atoms with van der Waals surface area (Å²) in [5, 5.41) is 2.04. The molecule has 1 heterocycles. The van der Waals surface area contributed by atoms with Crippen molar-refractivity contribution in [3.63, 3.8) is 0 Å². The van der Waals surface area contributed by atoms with Crippen LogP contribution in [-0.4, -0.2) is 23.9 Å². The topological polar surface area (TPSA) is 46.3 Å². The molecule has 94 valence electrons. The number of carbonyl (C=O) groups excluding carboxylic acids is 1. The summed E-state index contributed by atoms with van der Waals surface area (Å²) < 4.78 is 1.08. The lowest BCUT2D eigenvalue weighted by Crippen LogP contribution is -2.32. The van der Waals surface area contributed by atoms with Gasteiger partial charge in [-0.05, 0) is 41.3 Å². The van der Waals surface area contributed by atoms with Gasteiger partial charge in [0, 0.05) is 33.7 Å². The standard InChI is InChI=1S/C12H17BrN2OS/c1-15(6-11-5-9(13)7-17-11)12(16)8-2-3-10(14)4-8/h5,7-8,10H,2-4,6,14H2,1H3. The third kappa shape index (κ3) is 3.30. The van der Waals surface area contributed by atoms with Crippen molar-refractivity contribution < 1.29 is 4.79 Å². The third-order valence-electron chi connectivity index (χ3n) is 3.21. The highest BCUT2D eigenvalue weighted by atomic mass is 79.9. The number of carbonyl (C=O) groups is 1. The van der Waals surface area contributed by atoms with E-state index in [9.17, 15) is 4.79 Å². The lowest BCUT2D eigenvalue weighted by Gasteiger charge is -2.20. The van der Waals surface area contributed by atoms with Crippen molar-refractivity contribution in [2.45, 2.75) is 31.8 Å². The molecule has 2 rings (SSSR count). The molecule has 2 atom stereocenters. The Bertz CT molecular complexity index is 407. The zero-order valence-electron chi connectivity index (χ0n) is 9.86. The van der Waals surface area contributed by atoms with Crippen molar-refractivity contribution in [3.05, 3.63) is 20.8 Å². The maximum Gasteiger partial charge on any atom is 0.225 e. The van der Waals surface area contributed by atoms with E-state index in [1.165, 1.54) is 4.88 Å². The van der Waals surface area contributed by atoms with Crippen LogP contribution in [0.4, 0.5) is 0 Å². The molecule has 0 radical (unpaired) electrons. The van der Waals surface area contributed by atoms with Gasteiger partial charge in [0.15, 0.2) is 0 Å². The van der Waals surface area contributed by atoms with E-state index in [0.717, 1.165) is 23.7 Å². The maximum absolute atomic E-state index is 12.2. The summed E-state index contributed by atoms with van der Waals surface area (Å²) in [7, 11) is 1.87. The van der Waals surface area contributed by atoms with Gasteiger partial charge in [-0.1, -0.05) is 0 Å². The van der Waals surface area contributed by atoms with Crippen LogP contribution in [-0.2, 0) is 11.3 Å². The monoisotopic (exact) mass is 316 g/mol. The highest BCUT2D eigenvalue weighted by Gasteiger charge is 2.29. The smallest absolute Gasteiger partial charge is 0.225 e. The van der Waals surface area contributed by atoms with Crippen LogP contribution in [0.3, 0.4) is 0 Å². The quantitative estimate of drug-likeness (QED) is 0.931. The van der Waals surface area contributed by atoms with Gasteiger partial charge in [0.25, 0.3) is 0 Å². The summed E-state index contributed by atoms with van der Waals surface area (Å²) in [4.78, 5) is 15.2. The largest absolute Gasteiger partial charge is 0.340 e. The van der Waals surface area contributed by atoms with Crippen LogP contribution in [0.1, 0.15) is 24.1 Å². The molecule has 1 aromatic rings. The van der Waals surface area contributed by atoms with E-state index < -0.39 is 0 Å². The SMILES string of the molecule is CN(Cc1cc(Br)cs1)C(=O)C1CCC(N)C1. The maximum atomic E-state index is 12.2. The minimum absolute atomic E-state index is 0.137. The lowest BCUT2D eigenvalue weighted by atomic mass is 10.1. The van der Waals surface area contributed by atoms with Gasteiger partial charge in [-0.15, -0.1) is 11.3 Å². The molecule has 2 N–H and O–H groups in total. The molecule has 3 nitrogen and oxygen atoms in total. The van der Waals surface area contributed by atoms with Gasteiger partial charge in [0.2, 0.25) is 5.91 Å². The van der Waals surface area contributed by atoms with Gasteiger partial charge in [-0.25, -0.2) is 0 Å². The molecule has 0 aliphatic heterocycles. The predicted octanol–water partition coefficient (Wildman–Crippen LogP) is 2.60. The Morgan fingerprint density at radius 3 is 2.94 bits per heavy atom. The van der Waals surface area contributed by atoms with Crippen LogP contribution in [0.25, 0.3) is 0 Å². The molecule has 1 fully saturated rings. The van der Waals surface area contributed by atoms with Crippen molar-refractivity contribution in [2.75, 3.05) is 7.05 Å². The van der Waals surface area contributed by atoms with Gasteiger partial charge in [0.05, 0.1) is 6.54 Å². The summed E-state index contributed by atoms with van der Waals surface area (Å²) >= 11 is 5.10. The van der Waals surface area contributed by atoms with Crippen molar-refractivity contribution >= 4 is 33.2 Å². The molecule has 1 aliphatic carbocycles. The minimum Gasteiger partial charge on any atom is -0.340 e. The van der Waals surface area contributed by atoms with Crippen molar-refractivity contribution in [1.82, 2.24) is 4.90 Å². The van der Waals surface area contributed by atoms with Crippen LogP contribution >= 0.6 is 27.3 Å². The van der Waals surface area contributed by atoms with Gasteiger partial charge in [0.1, 0.15) is 0 Å². The average Bonchev–Trinajstić information content (AvgIpc) is 2.87. The van der Waals surface area contributed by atoms with Crippen LogP contribution in [0, 0.1) is 5.92 Å². The molecule has 1 aromatic heterocycles. The Hall–Kier alpha value is -0.390. The summed E-state index contributed by atoms with van der Waals surface area (Å²) in [5.74, 6) is 0.376. The Morgan fingerprint density at radius 2 is 2.41 bits per heavy atom. The Balaban J connectivity index is 1.91. The zero-order chi connectivity index (χ0) is 12.4.